The molecule has 0 aliphatic carbocycles. The second-order valence-electron chi connectivity index (χ2n) is 1.60. The molecule has 0 unspecified atom stereocenters. The van der Waals surface area contributed by atoms with Crippen LogP contribution in [0.4, 0.5) is 0 Å². The van der Waals surface area contributed by atoms with E-state index in [2.05, 4.69) is 5.43 Å². The topological polar surface area (TPSA) is 38.0 Å². The van der Waals surface area contributed by atoms with Gasteiger partial charge in [-0.3, -0.25) is 11.3 Å². The maximum Gasteiger partial charge on any atom is 0.0973 e. The van der Waals surface area contributed by atoms with Crippen LogP contribution in [0.15, 0.2) is 11.4 Å². The van der Waals surface area contributed by atoms with E-state index in [-0.39, 0.29) is 0 Å². The third kappa shape index (κ3) is 1.66. The van der Waals surface area contributed by atoms with E-state index in [0.717, 1.165) is 9.90 Å². The number of nitrogens with two attached hydrogens (primary N) is 1. The lowest BCUT2D eigenvalue weighted by atomic mass is 10.3. The average molecular weight is 163 g/mol. The van der Waals surface area contributed by atoms with Crippen molar-refractivity contribution in [3.05, 3.63) is 21.3 Å². The molecule has 0 radical (unpaired) electrons. The molecule has 2 nitrogen and oxygen atoms in total. The van der Waals surface area contributed by atoms with Crippen LogP contribution in [-0.4, -0.2) is 0 Å². The molecule has 0 saturated heterocycles. The smallest absolute Gasteiger partial charge is 0.0973 e. The zero-order valence-corrected chi connectivity index (χ0v) is 6.30. The van der Waals surface area contributed by atoms with Gasteiger partial charge in [-0.05, 0) is 17.0 Å². The van der Waals surface area contributed by atoms with Crippen molar-refractivity contribution in [2.24, 2.45) is 5.84 Å². The molecule has 1 aromatic heterocycles. The summed E-state index contributed by atoms with van der Waals surface area (Å²) < 4.78 is 0.813. The predicted molar refractivity (Wildman–Crippen MR) is 40.4 cm³/mol. The SMILES string of the molecule is NNCc1ccsc1Cl. The molecular formula is C5H7ClN2S. The van der Waals surface area contributed by atoms with E-state index >= 15 is 0 Å². The summed E-state index contributed by atoms with van der Waals surface area (Å²) in [4.78, 5) is 0. The lowest BCUT2D eigenvalue weighted by molar-refractivity contribution is 0.743. The first-order valence-electron chi connectivity index (χ1n) is 2.50. The molecule has 0 aliphatic rings. The molecule has 0 saturated carbocycles. The summed E-state index contributed by atoms with van der Waals surface area (Å²) in [5, 5.41) is 1.94. The van der Waals surface area contributed by atoms with Gasteiger partial charge in [0.25, 0.3) is 0 Å². The Bertz CT molecular complexity index is 187. The third-order valence-electron chi connectivity index (χ3n) is 0.986. The van der Waals surface area contributed by atoms with E-state index < -0.39 is 0 Å². The molecule has 1 rings (SSSR count). The maximum absolute atomic E-state index is 5.74. The van der Waals surface area contributed by atoms with Crippen molar-refractivity contribution in [2.75, 3.05) is 0 Å². The van der Waals surface area contributed by atoms with Crippen LogP contribution in [0.3, 0.4) is 0 Å². The first-order valence-corrected chi connectivity index (χ1v) is 3.75. The van der Waals surface area contributed by atoms with E-state index in [4.69, 9.17) is 17.4 Å². The van der Waals surface area contributed by atoms with E-state index in [0.29, 0.717) is 6.54 Å². The van der Waals surface area contributed by atoms with E-state index in [1.165, 1.54) is 11.3 Å². The second kappa shape index (κ2) is 3.17. The second-order valence-corrected chi connectivity index (χ2v) is 3.12. The highest BCUT2D eigenvalue weighted by atomic mass is 35.5. The molecule has 4 heteroatoms. The fourth-order valence-electron chi connectivity index (χ4n) is 0.555. The van der Waals surface area contributed by atoms with Crippen molar-refractivity contribution in [2.45, 2.75) is 6.54 Å². The van der Waals surface area contributed by atoms with Gasteiger partial charge in [0.15, 0.2) is 0 Å². The first-order chi connectivity index (χ1) is 4.34. The quantitative estimate of drug-likeness (QED) is 0.509. The van der Waals surface area contributed by atoms with Crippen molar-refractivity contribution in [3.63, 3.8) is 0 Å². The third-order valence-corrected chi connectivity index (χ3v) is 2.24. The van der Waals surface area contributed by atoms with Gasteiger partial charge in [0.05, 0.1) is 4.34 Å². The molecule has 1 heterocycles. The minimum absolute atomic E-state index is 0.641. The summed E-state index contributed by atoms with van der Waals surface area (Å²) in [5.74, 6) is 5.08. The lowest BCUT2D eigenvalue weighted by Crippen LogP contribution is -2.20. The summed E-state index contributed by atoms with van der Waals surface area (Å²) in [6.07, 6.45) is 0. The predicted octanol–water partition coefficient (Wildman–Crippen LogP) is 1.36. The van der Waals surface area contributed by atoms with Crippen LogP contribution in [0.1, 0.15) is 5.56 Å². The molecule has 1 aromatic rings. The Labute approximate surface area is 62.6 Å². The van der Waals surface area contributed by atoms with Crippen molar-refractivity contribution >= 4 is 22.9 Å². The Morgan fingerprint density at radius 3 is 3.00 bits per heavy atom. The number of hydrogen-bond acceptors (Lipinski definition) is 3. The average Bonchev–Trinajstić information content (AvgIpc) is 2.18. The van der Waals surface area contributed by atoms with Crippen LogP contribution >= 0.6 is 22.9 Å². The van der Waals surface area contributed by atoms with E-state index in [9.17, 15) is 0 Å². The number of nitrogens with one attached hydrogen (secondary N) is 1. The minimum atomic E-state index is 0.641. The summed E-state index contributed by atoms with van der Waals surface area (Å²) in [6.45, 7) is 0.641. The first kappa shape index (κ1) is 7.02. The fraction of sp³-hybridized carbons (Fsp3) is 0.200. The number of hydrazine groups is 1. The number of halogens is 1. The van der Waals surface area contributed by atoms with Gasteiger partial charge in [0.1, 0.15) is 0 Å². The maximum atomic E-state index is 5.74. The zero-order chi connectivity index (χ0) is 6.69. The lowest BCUT2D eigenvalue weighted by Gasteiger charge is -1.93. The van der Waals surface area contributed by atoms with Crippen molar-refractivity contribution in [3.8, 4) is 0 Å². The van der Waals surface area contributed by atoms with Crippen molar-refractivity contribution < 1.29 is 0 Å². The van der Waals surface area contributed by atoms with Gasteiger partial charge in [0, 0.05) is 6.54 Å². The van der Waals surface area contributed by atoms with Gasteiger partial charge in [-0.25, -0.2) is 0 Å². The van der Waals surface area contributed by atoms with Crippen LogP contribution in [0.5, 0.6) is 0 Å². The van der Waals surface area contributed by atoms with Crippen molar-refractivity contribution in [1.29, 1.82) is 0 Å². The van der Waals surface area contributed by atoms with Crippen LogP contribution in [-0.2, 0) is 6.54 Å². The van der Waals surface area contributed by atoms with Gasteiger partial charge in [-0.1, -0.05) is 11.6 Å². The Morgan fingerprint density at radius 2 is 2.56 bits per heavy atom. The molecule has 0 aromatic carbocycles. The number of rotatable bonds is 2. The van der Waals surface area contributed by atoms with Crippen LogP contribution in [0.2, 0.25) is 4.34 Å². The molecule has 0 atom stereocenters. The summed E-state index contributed by atoms with van der Waals surface area (Å²) in [5.41, 5.74) is 3.59. The summed E-state index contributed by atoms with van der Waals surface area (Å²) in [6, 6.07) is 1.95. The van der Waals surface area contributed by atoms with Gasteiger partial charge < -0.3 is 0 Å². The Balaban J connectivity index is 2.69. The van der Waals surface area contributed by atoms with Gasteiger partial charge in [-0.2, -0.15) is 0 Å². The Kier molecular flexibility index (Phi) is 2.48. The molecule has 0 bridgehead atoms. The highest BCUT2D eigenvalue weighted by Crippen LogP contribution is 2.21. The van der Waals surface area contributed by atoms with Crippen LogP contribution < -0.4 is 11.3 Å². The molecule has 0 spiro atoms. The zero-order valence-electron chi connectivity index (χ0n) is 4.73. The van der Waals surface area contributed by atoms with Gasteiger partial charge in [0.2, 0.25) is 0 Å². The summed E-state index contributed by atoms with van der Waals surface area (Å²) >= 11 is 7.26. The van der Waals surface area contributed by atoms with Crippen LogP contribution in [0, 0.1) is 0 Å². The highest BCUT2D eigenvalue weighted by Gasteiger charge is 1.97. The van der Waals surface area contributed by atoms with Crippen LogP contribution in [0.25, 0.3) is 0 Å². The van der Waals surface area contributed by atoms with Gasteiger partial charge in [-0.15, -0.1) is 11.3 Å². The molecule has 3 N–H and O–H groups in total. The van der Waals surface area contributed by atoms with Gasteiger partial charge >= 0.3 is 0 Å². The molecule has 50 valence electrons. The Hall–Kier alpha value is -0.0900. The monoisotopic (exact) mass is 162 g/mol. The molecule has 9 heavy (non-hydrogen) atoms. The van der Waals surface area contributed by atoms with Crippen molar-refractivity contribution in [1.82, 2.24) is 5.43 Å². The fourth-order valence-corrected chi connectivity index (χ4v) is 1.48. The van der Waals surface area contributed by atoms with E-state index in [1.807, 2.05) is 11.4 Å². The normalized spacial score (nSPS) is 10.0. The van der Waals surface area contributed by atoms with E-state index in [1.54, 1.807) is 0 Å². The Morgan fingerprint density at radius 1 is 1.78 bits per heavy atom. The minimum Gasteiger partial charge on any atom is -0.271 e. The summed E-state index contributed by atoms with van der Waals surface area (Å²) in [7, 11) is 0. The molecule has 0 fully saturated rings. The number of hydrogen-bond donors (Lipinski definition) is 2. The molecule has 0 aliphatic heterocycles. The molecule has 0 amide bonds. The number of thiophene rings is 1. The molecular weight excluding hydrogens is 156 g/mol. The highest BCUT2D eigenvalue weighted by molar-refractivity contribution is 7.14. The largest absolute Gasteiger partial charge is 0.271 e. The standard InChI is InChI=1S/C5H7ClN2S/c6-5-4(3-8-7)1-2-9-5/h1-2,8H,3,7H2.